The van der Waals surface area contributed by atoms with Crippen LogP contribution < -0.4 is 16.4 Å². The number of amides is 3. The number of nitrogens with two attached hydrogens (primary N) is 1. The standard InChI is InChI=1S/C20H24N6O3/c1-12-3-5-16(13-4-6-17(22-2)24-9-13)26(11-12)20(29)19(28)25-15-7-14(18(21)27)8-23-10-15/h4,6-10,12,16H,3,5,11H2,1-2H3,(H2,21,27)(H,22,24)(H,25,28)/t12-,16+/m1/s1. The molecule has 2 aromatic heterocycles. The highest BCUT2D eigenvalue weighted by Crippen LogP contribution is 2.33. The van der Waals surface area contributed by atoms with Crippen molar-refractivity contribution in [3.8, 4) is 0 Å². The molecule has 0 radical (unpaired) electrons. The zero-order valence-electron chi connectivity index (χ0n) is 16.4. The summed E-state index contributed by atoms with van der Waals surface area (Å²) in [4.78, 5) is 46.6. The molecule has 0 aromatic carbocycles. The molecule has 3 rings (SSSR count). The molecule has 1 saturated heterocycles. The molecular formula is C20H24N6O3. The number of aromatic nitrogens is 2. The van der Waals surface area contributed by atoms with Crippen LogP contribution in [0.3, 0.4) is 0 Å². The Kier molecular flexibility index (Phi) is 6.06. The summed E-state index contributed by atoms with van der Waals surface area (Å²) in [5.41, 5.74) is 6.50. The molecule has 3 heterocycles. The maximum atomic E-state index is 12.9. The van der Waals surface area contributed by atoms with Gasteiger partial charge in [-0.15, -0.1) is 0 Å². The molecule has 3 amide bonds. The van der Waals surface area contributed by atoms with Gasteiger partial charge in [0.1, 0.15) is 5.82 Å². The third-order valence-electron chi connectivity index (χ3n) is 4.98. The second-order valence-electron chi connectivity index (χ2n) is 7.16. The van der Waals surface area contributed by atoms with E-state index in [2.05, 4.69) is 27.5 Å². The summed E-state index contributed by atoms with van der Waals surface area (Å²) >= 11 is 0. The summed E-state index contributed by atoms with van der Waals surface area (Å²) in [5.74, 6) is -1.07. The quantitative estimate of drug-likeness (QED) is 0.672. The number of pyridine rings is 2. The van der Waals surface area contributed by atoms with E-state index in [1.807, 2.05) is 12.1 Å². The van der Waals surface area contributed by atoms with E-state index in [0.717, 1.165) is 24.2 Å². The monoisotopic (exact) mass is 396 g/mol. The van der Waals surface area contributed by atoms with Crippen LogP contribution in [0.25, 0.3) is 0 Å². The van der Waals surface area contributed by atoms with E-state index in [1.54, 1.807) is 18.1 Å². The molecule has 9 nitrogen and oxygen atoms in total. The average Bonchev–Trinajstić information content (AvgIpc) is 2.73. The Morgan fingerprint density at radius 3 is 2.62 bits per heavy atom. The summed E-state index contributed by atoms with van der Waals surface area (Å²) in [5, 5.41) is 5.47. The number of likely N-dealkylation sites (tertiary alicyclic amines) is 1. The average molecular weight is 396 g/mol. The topological polar surface area (TPSA) is 130 Å². The van der Waals surface area contributed by atoms with E-state index in [4.69, 9.17) is 5.73 Å². The molecule has 4 N–H and O–H groups in total. The summed E-state index contributed by atoms with van der Waals surface area (Å²) in [6.07, 6.45) is 6.08. The number of carbonyl (C=O) groups excluding carboxylic acids is 3. The highest BCUT2D eigenvalue weighted by atomic mass is 16.2. The molecule has 0 aliphatic carbocycles. The Morgan fingerprint density at radius 1 is 1.17 bits per heavy atom. The van der Waals surface area contributed by atoms with E-state index >= 15 is 0 Å². The number of nitrogens with one attached hydrogen (secondary N) is 2. The van der Waals surface area contributed by atoms with E-state index in [0.29, 0.717) is 6.54 Å². The number of piperidine rings is 1. The Labute approximate surface area is 168 Å². The van der Waals surface area contributed by atoms with Crippen LogP contribution >= 0.6 is 0 Å². The highest BCUT2D eigenvalue weighted by molar-refractivity contribution is 6.39. The molecule has 152 valence electrons. The van der Waals surface area contributed by atoms with Crippen LogP contribution in [0.5, 0.6) is 0 Å². The first-order valence-electron chi connectivity index (χ1n) is 9.39. The zero-order chi connectivity index (χ0) is 21.0. The van der Waals surface area contributed by atoms with Gasteiger partial charge in [0.05, 0.1) is 23.5 Å². The number of anilines is 2. The number of primary amides is 1. The van der Waals surface area contributed by atoms with Crippen LogP contribution in [-0.2, 0) is 9.59 Å². The van der Waals surface area contributed by atoms with Crippen LogP contribution in [0.2, 0.25) is 0 Å². The van der Waals surface area contributed by atoms with Crippen molar-refractivity contribution in [1.82, 2.24) is 14.9 Å². The highest BCUT2D eigenvalue weighted by Gasteiger charge is 2.34. The van der Waals surface area contributed by atoms with Crippen molar-refractivity contribution in [3.63, 3.8) is 0 Å². The minimum absolute atomic E-state index is 0.149. The fourth-order valence-electron chi connectivity index (χ4n) is 3.43. The normalized spacial score (nSPS) is 18.8. The molecule has 2 aromatic rings. The fraction of sp³-hybridized carbons (Fsp3) is 0.350. The molecule has 0 spiro atoms. The third kappa shape index (κ3) is 4.68. The largest absolute Gasteiger partial charge is 0.373 e. The smallest absolute Gasteiger partial charge is 0.313 e. The second kappa shape index (κ2) is 8.68. The van der Waals surface area contributed by atoms with Gasteiger partial charge >= 0.3 is 11.8 Å². The summed E-state index contributed by atoms with van der Waals surface area (Å²) in [6.45, 7) is 2.53. The lowest BCUT2D eigenvalue weighted by Gasteiger charge is -2.38. The van der Waals surface area contributed by atoms with Gasteiger partial charge in [0.15, 0.2) is 0 Å². The Balaban J connectivity index is 1.78. The van der Waals surface area contributed by atoms with Gasteiger partial charge in [-0.2, -0.15) is 0 Å². The molecule has 0 unspecified atom stereocenters. The van der Waals surface area contributed by atoms with Gasteiger partial charge in [-0.05, 0) is 36.5 Å². The maximum Gasteiger partial charge on any atom is 0.313 e. The molecule has 0 saturated carbocycles. The van der Waals surface area contributed by atoms with Crippen molar-refractivity contribution >= 4 is 29.2 Å². The van der Waals surface area contributed by atoms with Gasteiger partial charge in [0, 0.05) is 26.0 Å². The van der Waals surface area contributed by atoms with Crippen molar-refractivity contribution in [2.45, 2.75) is 25.8 Å². The van der Waals surface area contributed by atoms with Gasteiger partial charge < -0.3 is 21.3 Å². The molecule has 0 bridgehead atoms. The minimum Gasteiger partial charge on any atom is -0.373 e. The predicted molar refractivity (Wildman–Crippen MR) is 108 cm³/mol. The van der Waals surface area contributed by atoms with Gasteiger partial charge in [-0.1, -0.05) is 13.0 Å². The molecule has 1 aliphatic heterocycles. The van der Waals surface area contributed by atoms with E-state index < -0.39 is 17.7 Å². The first kappa shape index (κ1) is 20.2. The molecular weight excluding hydrogens is 372 g/mol. The van der Waals surface area contributed by atoms with Crippen LogP contribution in [-0.4, -0.2) is 46.2 Å². The SMILES string of the molecule is CNc1ccc([C@@H]2CC[C@@H](C)CN2C(=O)C(=O)Nc2cncc(C(N)=O)c2)cn1. The Bertz CT molecular complexity index is 915. The van der Waals surface area contributed by atoms with Crippen molar-refractivity contribution in [3.05, 3.63) is 47.9 Å². The minimum atomic E-state index is -0.785. The summed E-state index contributed by atoms with van der Waals surface area (Å²) < 4.78 is 0. The molecule has 9 heteroatoms. The number of rotatable bonds is 4. The second-order valence-corrected chi connectivity index (χ2v) is 7.16. The summed E-state index contributed by atoms with van der Waals surface area (Å²) in [7, 11) is 1.78. The summed E-state index contributed by atoms with van der Waals surface area (Å²) in [6, 6.07) is 4.92. The van der Waals surface area contributed by atoms with E-state index in [-0.39, 0.29) is 23.2 Å². The molecule has 2 atom stereocenters. The zero-order valence-corrected chi connectivity index (χ0v) is 16.4. The van der Waals surface area contributed by atoms with Gasteiger partial charge in [-0.3, -0.25) is 19.4 Å². The number of carbonyl (C=O) groups is 3. The molecule has 1 fully saturated rings. The van der Waals surface area contributed by atoms with Gasteiger partial charge in [0.2, 0.25) is 5.91 Å². The van der Waals surface area contributed by atoms with Crippen molar-refractivity contribution in [1.29, 1.82) is 0 Å². The van der Waals surface area contributed by atoms with E-state index in [1.165, 1.54) is 18.5 Å². The third-order valence-corrected chi connectivity index (χ3v) is 4.98. The van der Waals surface area contributed by atoms with Gasteiger partial charge in [-0.25, -0.2) is 4.98 Å². The number of hydrogen-bond acceptors (Lipinski definition) is 6. The van der Waals surface area contributed by atoms with Crippen molar-refractivity contribution in [2.24, 2.45) is 11.7 Å². The van der Waals surface area contributed by atoms with E-state index in [9.17, 15) is 14.4 Å². The first-order valence-corrected chi connectivity index (χ1v) is 9.39. The van der Waals surface area contributed by atoms with Crippen LogP contribution in [0.15, 0.2) is 36.8 Å². The molecule has 29 heavy (non-hydrogen) atoms. The van der Waals surface area contributed by atoms with Crippen LogP contribution in [0.1, 0.15) is 41.7 Å². The van der Waals surface area contributed by atoms with Crippen molar-refractivity contribution in [2.75, 3.05) is 24.2 Å². The Morgan fingerprint density at radius 2 is 1.97 bits per heavy atom. The lowest BCUT2D eigenvalue weighted by Crippen LogP contribution is -2.46. The first-order chi connectivity index (χ1) is 13.9. The lowest BCUT2D eigenvalue weighted by atomic mass is 9.90. The number of nitrogens with zero attached hydrogens (tertiary/aromatic N) is 3. The lowest BCUT2D eigenvalue weighted by molar-refractivity contribution is -0.146. The Hall–Kier alpha value is -3.49. The van der Waals surface area contributed by atoms with Gasteiger partial charge in [0.25, 0.3) is 0 Å². The van der Waals surface area contributed by atoms with Crippen molar-refractivity contribution < 1.29 is 14.4 Å². The fourth-order valence-corrected chi connectivity index (χ4v) is 3.43. The predicted octanol–water partition coefficient (Wildman–Crippen LogP) is 1.56. The molecule has 1 aliphatic rings. The number of hydrogen-bond donors (Lipinski definition) is 3. The van der Waals surface area contributed by atoms with Crippen LogP contribution in [0.4, 0.5) is 11.5 Å². The maximum absolute atomic E-state index is 12.9. The van der Waals surface area contributed by atoms with Crippen LogP contribution in [0, 0.1) is 5.92 Å².